The second-order valence-corrected chi connectivity index (χ2v) is 6.11. The predicted octanol–water partition coefficient (Wildman–Crippen LogP) is 3.38. The van der Waals surface area contributed by atoms with Crippen LogP contribution in [0.5, 0.6) is 5.75 Å². The lowest BCUT2D eigenvalue weighted by molar-refractivity contribution is -0.116. The normalized spacial score (nSPS) is 12.9. The van der Waals surface area contributed by atoms with E-state index < -0.39 is 0 Å². The van der Waals surface area contributed by atoms with Crippen LogP contribution in [0.3, 0.4) is 0 Å². The minimum atomic E-state index is -0.129. The fourth-order valence-electron chi connectivity index (χ4n) is 2.97. The Hall–Kier alpha value is -2.82. The van der Waals surface area contributed by atoms with Crippen molar-refractivity contribution in [2.45, 2.75) is 26.8 Å². The van der Waals surface area contributed by atoms with Crippen LogP contribution in [-0.2, 0) is 11.3 Å². The van der Waals surface area contributed by atoms with E-state index >= 15 is 0 Å². The van der Waals surface area contributed by atoms with Crippen LogP contribution in [0.4, 0.5) is 5.69 Å². The highest BCUT2D eigenvalue weighted by molar-refractivity contribution is 5.99. The van der Waals surface area contributed by atoms with Gasteiger partial charge < -0.3 is 15.0 Å². The highest BCUT2D eigenvalue weighted by Gasteiger charge is 2.26. The second kappa shape index (κ2) is 7.38. The fourth-order valence-corrected chi connectivity index (χ4v) is 2.97. The van der Waals surface area contributed by atoms with Crippen molar-refractivity contribution < 1.29 is 14.3 Å². The van der Waals surface area contributed by atoms with Crippen molar-refractivity contribution in [2.24, 2.45) is 0 Å². The van der Waals surface area contributed by atoms with E-state index in [1.165, 1.54) is 0 Å². The van der Waals surface area contributed by atoms with Crippen molar-refractivity contribution in [3.8, 4) is 5.75 Å². The Morgan fingerprint density at radius 2 is 2.04 bits per heavy atom. The number of anilines is 1. The molecule has 0 unspecified atom stereocenters. The molecular weight excluding hydrogens is 316 g/mol. The first-order chi connectivity index (χ1) is 12.1. The van der Waals surface area contributed by atoms with E-state index in [-0.39, 0.29) is 18.2 Å². The number of rotatable bonds is 6. The Kier molecular flexibility index (Phi) is 5.03. The van der Waals surface area contributed by atoms with Crippen LogP contribution in [0.25, 0.3) is 0 Å². The van der Waals surface area contributed by atoms with Crippen LogP contribution >= 0.6 is 0 Å². The molecule has 0 saturated carbocycles. The monoisotopic (exact) mass is 338 g/mol. The van der Waals surface area contributed by atoms with Gasteiger partial charge in [0.25, 0.3) is 5.91 Å². The lowest BCUT2D eigenvalue weighted by atomic mass is 10.1. The van der Waals surface area contributed by atoms with E-state index in [2.05, 4.69) is 5.32 Å². The topological polar surface area (TPSA) is 58.6 Å². The average molecular weight is 338 g/mol. The van der Waals surface area contributed by atoms with Crippen molar-refractivity contribution in [1.29, 1.82) is 0 Å². The van der Waals surface area contributed by atoms with Gasteiger partial charge in [0.2, 0.25) is 5.91 Å². The summed E-state index contributed by atoms with van der Waals surface area (Å²) in [6.45, 7) is 5.37. The number of hydrogen-bond acceptors (Lipinski definition) is 3. The molecule has 1 N–H and O–H groups in total. The SMILES string of the molecule is CCOc1ccc(C)cc1NC(=O)CCN1Cc2ccccc2C1=O. The van der Waals surface area contributed by atoms with Crippen molar-refractivity contribution in [3.63, 3.8) is 0 Å². The van der Waals surface area contributed by atoms with Gasteiger partial charge in [-0.15, -0.1) is 0 Å². The molecule has 0 saturated heterocycles. The molecule has 0 radical (unpaired) electrons. The highest BCUT2D eigenvalue weighted by atomic mass is 16.5. The summed E-state index contributed by atoms with van der Waals surface area (Å²) in [5.41, 5.74) is 3.47. The number of amides is 2. The highest BCUT2D eigenvalue weighted by Crippen LogP contribution is 2.26. The molecule has 1 aliphatic heterocycles. The van der Waals surface area contributed by atoms with Crippen LogP contribution < -0.4 is 10.1 Å². The molecule has 0 aliphatic carbocycles. The van der Waals surface area contributed by atoms with Crippen molar-refractivity contribution in [1.82, 2.24) is 4.90 Å². The van der Waals surface area contributed by atoms with E-state index in [4.69, 9.17) is 4.74 Å². The minimum absolute atomic E-state index is 0.00559. The number of fused-ring (bicyclic) bond motifs is 1. The van der Waals surface area contributed by atoms with E-state index in [1.54, 1.807) is 4.90 Å². The molecule has 5 heteroatoms. The van der Waals surface area contributed by atoms with Gasteiger partial charge in [0.15, 0.2) is 0 Å². The molecule has 0 aromatic heterocycles. The van der Waals surface area contributed by atoms with Gasteiger partial charge in [0.05, 0.1) is 12.3 Å². The average Bonchev–Trinajstić information content (AvgIpc) is 2.92. The maximum atomic E-state index is 12.3. The van der Waals surface area contributed by atoms with Gasteiger partial charge in [0.1, 0.15) is 5.75 Å². The molecule has 0 fully saturated rings. The Bertz CT molecular complexity index is 801. The maximum Gasteiger partial charge on any atom is 0.254 e. The standard InChI is InChI=1S/C20H22N2O3/c1-3-25-18-9-8-14(2)12-17(18)21-19(23)10-11-22-13-15-6-4-5-7-16(15)20(22)24/h4-9,12H,3,10-11,13H2,1-2H3,(H,21,23). The summed E-state index contributed by atoms with van der Waals surface area (Å²) in [5, 5.41) is 2.89. The Morgan fingerprint density at radius 3 is 2.80 bits per heavy atom. The number of carbonyl (C=O) groups excluding carboxylic acids is 2. The van der Waals surface area contributed by atoms with Crippen molar-refractivity contribution >= 4 is 17.5 Å². The quantitative estimate of drug-likeness (QED) is 0.878. The van der Waals surface area contributed by atoms with Crippen LogP contribution in [0, 0.1) is 6.92 Å². The third-order valence-corrected chi connectivity index (χ3v) is 4.21. The lowest BCUT2D eigenvalue weighted by Crippen LogP contribution is -2.28. The zero-order valence-corrected chi connectivity index (χ0v) is 14.5. The molecule has 0 spiro atoms. The molecule has 0 bridgehead atoms. The summed E-state index contributed by atoms with van der Waals surface area (Å²) >= 11 is 0. The number of hydrogen-bond donors (Lipinski definition) is 1. The first kappa shape index (κ1) is 17.0. The molecule has 1 aliphatic rings. The van der Waals surface area contributed by atoms with Gasteiger partial charge in [0, 0.05) is 25.1 Å². The molecule has 25 heavy (non-hydrogen) atoms. The van der Waals surface area contributed by atoms with Crippen LogP contribution in [0.2, 0.25) is 0 Å². The summed E-state index contributed by atoms with van der Waals surface area (Å²) < 4.78 is 5.55. The zero-order valence-electron chi connectivity index (χ0n) is 14.5. The molecule has 130 valence electrons. The molecule has 5 nitrogen and oxygen atoms in total. The molecule has 2 amide bonds. The Labute approximate surface area is 147 Å². The molecular formula is C20H22N2O3. The Morgan fingerprint density at radius 1 is 1.24 bits per heavy atom. The lowest BCUT2D eigenvalue weighted by Gasteiger charge is -2.16. The summed E-state index contributed by atoms with van der Waals surface area (Å²) in [7, 11) is 0. The zero-order chi connectivity index (χ0) is 17.8. The molecule has 3 rings (SSSR count). The molecule has 2 aromatic rings. The van der Waals surface area contributed by atoms with E-state index in [1.807, 2.05) is 56.3 Å². The van der Waals surface area contributed by atoms with Gasteiger partial charge in [-0.25, -0.2) is 0 Å². The van der Waals surface area contributed by atoms with E-state index in [0.717, 1.165) is 16.7 Å². The van der Waals surface area contributed by atoms with Crippen molar-refractivity contribution in [2.75, 3.05) is 18.5 Å². The van der Waals surface area contributed by atoms with Crippen LogP contribution in [0.15, 0.2) is 42.5 Å². The van der Waals surface area contributed by atoms with Gasteiger partial charge in [-0.1, -0.05) is 24.3 Å². The minimum Gasteiger partial charge on any atom is -0.492 e. The molecule has 1 heterocycles. The first-order valence-electron chi connectivity index (χ1n) is 8.49. The van der Waals surface area contributed by atoms with E-state index in [0.29, 0.717) is 31.1 Å². The molecule has 0 atom stereocenters. The molecule has 2 aromatic carbocycles. The number of nitrogens with zero attached hydrogens (tertiary/aromatic N) is 1. The summed E-state index contributed by atoms with van der Waals surface area (Å²) in [4.78, 5) is 26.3. The van der Waals surface area contributed by atoms with Gasteiger partial charge in [-0.05, 0) is 43.2 Å². The smallest absolute Gasteiger partial charge is 0.254 e. The van der Waals surface area contributed by atoms with E-state index in [9.17, 15) is 9.59 Å². The predicted molar refractivity (Wildman–Crippen MR) is 96.8 cm³/mol. The largest absolute Gasteiger partial charge is 0.492 e. The number of ether oxygens (including phenoxy) is 1. The van der Waals surface area contributed by atoms with Crippen LogP contribution in [0.1, 0.15) is 34.8 Å². The van der Waals surface area contributed by atoms with Gasteiger partial charge in [-0.2, -0.15) is 0 Å². The third-order valence-electron chi connectivity index (χ3n) is 4.21. The maximum absolute atomic E-state index is 12.3. The van der Waals surface area contributed by atoms with Crippen LogP contribution in [-0.4, -0.2) is 29.9 Å². The number of carbonyl (C=O) groups is 2. The van der Waals surface area contributed by atoms with Crippen molar-refractivity contribution in [3.05, 3.63) is 59.2 Å². The first-order valence-corrected chi connectivity index (χ1v) is 8.49. The second-order valence-electron chi connectivity index (χ2n) is 6.11. The third kappa shape index (κ3) is 3.82. The summed E-state index contributed by atoms with van der Waals surface area (Å²) in [5.74, 6) is 0.523. The summed E-state index contributed by atoms with van der Waals surface area (Å²) in [6, 6.07) is 13.3. The summed E-state index contributed by atoms with van der Waals surface area (Å²) in [6.07, 6.45) is 0.249. The van der Waals surface area contributed by atoms with Gasteiger partial charge in [-0.3, -0.25) is 9.59 Å². The van der Waals surface area contributed by atoms with Gasteiger partial charge >= 0.3 is 0 Å². The number of aryl methyl sites for hydroxylation is 1. The number of benzene rings is 2. The fraction of sp³-hybridized carbons (Fsp3) is 0.300. The Balaban J connectivity index is 1.59. The number of nitrogens with one attached hydrogen (secondary N) is 1.